The van der Waals surface area contributed by atoms with Crippen LogP contribution < -0.4 is 0 Å². The summed E-state index contributed by atoms with van der Waals surface area (Å²) in [6.07, 6.45) is 4.20. The van der Waals surface area contributed by atoms with Crippen molar-refractivity contribution in [2.24, 2.45) is 0 Å². The monoisotopic (exact) mass is 335 g/mol. The zero-order chi connectivity index (χ0) is 17.2. The molecule has 0 saturated heterocycles. The van der Waals surface area contributed by atoms with Crippen LogP contribution in [0.25, 0.3) is 11.3 Å². The molecular formula is C19H21N5O. The van der Waals surface area contributed by atoms with Crippen LogP contribution in [0.5, 0.6) is 0 Å². The molecule has 0 bridgehead atoms. The third-order valence-corrected chi connectivity index (χ3v) is 4.71. The molecule has 6 nitrogen and oxygen atoms in total. The predicted molar refractivity (Wildman–Crippen MR) is 95.1 cm³/mol. The van der Waals surface area contributed by atoms with Gasteiger partial charge in [-0.15, -0.1) is 0 Å². The number of amides is 1. The van der Waals surface area contributed by atoms with Gasteiger partial charge < -0.3 is 4.90 Å². The van der Waals surface area contributed by atoms with Gasteiger partial charge in [-0.2, -0.15) is 10.2 Å². The lowest BCUT2D eigenvalue weighted by Gasteiger charge is -2.17. The van der Waals surface area contributed by atoms with E-state index in [9.17, 15) is 4.79 Å². The van der Waals surface area contributed by atoms with Crippen LogP contribution in [0.4, 0.5) is 0 Å². The van der Waals surface area contributed by atoms with Crippen molar-refractivity contribution < 1.29 is 4.79 Å². The number of nitrogens with zero attached hydrogens (tertiary/aromatic N) is 3. The van der Waals surface area contributed by atoms with Gasteiger partial charge in [0, 0.05) is 23.9 Å². The lowest BCUT2D eigenvalue weighted by atomic mass is 9.95. The highest BCUT2D eigenvalue weighted by molar-refractivity contribution is 5.93. The van der Waals surface area contributed by atoms with E-state index in [1.807, 2.05) is 36.4 Å². The van der Waals surface area contributed by atoms with E-state index in [0.29, 0.717) is 12.2 Å². The zero-order valence-corrected chi connectivity index (χ0v) is 14.2. The minimum atomic E-state index is -0.0461. The smallest absolute Gasteiger partial charge is 0.274 e. The van der Waals surface area contributed by atoms with E-state index in [0.717, 1.165) is 53.9 Å². The van der Waals surface area contributed by atoms with Crippen LogP contribution in [0.15, 0.2) is 36.4 Å². The number of benzene rings is 1. The minimum absolute atomic E-state index is 0.0461. The quantitative estimate of drug-likeness (QED) is 0.769. The maximum Gasteiger partial charge on any atom is 0.274 e. The van der Waals surface area contributed by atoms with Crippen molar-refractivity contribution in [3.63, 3.8) is 0 Å². The summed E-state index contributed by atoms with van der Waals surface area (Å²) in [4.78, 5) is 14.5. The molecule has 3 aromatic rings. The summed E-state index contributed by atoms with van der Waals surface area (Å²) >= 11 is 0. The Morgan fingerprint density at radius 3 is 2.76 bits per heavy atom. The number of hydrogen-bond donors (Lipinski definition) is 2. The molecule has 0 radical (unpaired) electrons. The Labute approximate surface area is 146 Å². The van der Waals surface area contributed by atoms with Gasteiger partial charge in [0.25, 0.3) is 5.91 Å². The molecule has 1 aliphatic carbocycles. The molecular weight excluding hydrogens is 314 g/mol. The van der Waals surface area contributed by atoms with Gasteiger partial charge in [-0.3, -0.25) is 15.0 Å². The van der Waals surface area contributed by atoms with Gasteiger partial charge in [-0.05, 0) is 31.7 Å². The number of rotatable bonds is 4. The number of carbonyl (C=O) groups excluding carboxylic acids is 1. The summed E-state index contributed by atoms with van der Waals surface area (Å²) in [6, 6.07) is 12.0. The number of fused-ring (bicyclic) bond motifs is 1. The molecule has 2 heterocycles. The molecule has 0 spiro atoms. The second-order valence-electron chi connectivity index (χ2n) is 6.54. The summed E-state index contributed by atoms with van der Waals surface area (Å²) in [6.45, 7) is 0.473. The standard InChI is InChI=1S/C19H21N5O/c1-24(19(25)18-15-9-5-6-10-16(15)21-23-18)12-14-11-17(22-20-14)13-7-3-2-4-8-13/h2-4,7-8,11H,5-6,9-10,12H2,1H3,(H,20,22)(H,21,23). The maximum absolute atomic E-state index is 12.8. The third-order valence-electron chi connectivity index (χ3n) is 4.71. The highest BCUT2D eigenvalue weighted by Gasteiger charge is 2.24. The molecule has 1 amide bonds. The first kappa shape index (κ1) is 15.6. The molecule has 0 fully saturated rings. The highest BCUT2D eigenvalue weighted by atomic mass is 16.2. The van der Waals surface area contributed by atoms with Crippen molar-refractivity contribution in [2.45, 2.75) is 32.2 Å². The van der Waals surface area contributed by atoms with Crippen molar-refractivity contribution in [2.75, 3.05) is 7.05 Å². The first-order chi connectivity index (χ1) is 12.2. The van der Waals surface area contributed by atoms with E-state index in [1.165, 1.54) is 0 Å². The number of nitrogens with one attached hydrogen (secondary N) is 2. The zero-order valence-electron chi connectivity index (χ0n) is 14.2. The summed E-state index contributed by atoms with van der Waals surface area (Å²) in [5.41, 5.74) is 5.63. The van der Waals surface area contributed by atoms with Gasteiger partial charge in [0.2, 0.25) is 0 Å². The van der Waals surface area contributed by atoms with Gasteiger partial charge in [-0.25, -0.2) is 0 Å². The Balaban J connectivity index is 1.49. The number of hydrogen-bond acceptors (Lipinski definition) is 3. The summed E-state index contributed by atoms with van der Waals surface area (Å²) in [5.74, 6) is -0.0461. The number of aromatic nitrogens is 4. The molecule has 0 aliphatic heterocycles. The van der Waals surface area contributed by atoms with Crippen LogP contribution in [0.2, 0.25) is 0 Å². The SMILES string of the molecule is CN(Cc1cc(-c2ccccc2)n[nH]1)C(=O)c1n[nH]c2c1CCCC2. The lowest BCUT2D eigenvalue weighted by molar-refractivity contribution is 0.0776. The molecule has 0 unspecified atom stereocenters. The van der Waals surface area contributed by atoms with E-state index >= 15 is 0 Å². The summed E-state index contributed by atoms with van der Waals surface area (Å²) < 4.78 is 0. The van der Waals surface area contributed by atoms with Gasteiger partial charge >= 0.3 is 0 Å². The van der Waals surface area contributed by atoms with Crippen LogP contribution in [0, 0.1) is 0 Å². The molecule has 0 atom stereocenters. The van der Waals surface area contributed by atoms with Crippen molar-refractivity contribution in [3.05, 3.63) is 59.0 Å². The molecule has 2 N–H and O–H groups in total. The fourth-order valence-corrected chi connectivity index (χ4v) is 3.37. The predicted octanol–water partition coefficient (Wildman–Crippen LogP) is 2.95. The average Bonchev–Trinajstić information content (AvgIpc) is 3.29. The first-order valence-corrected chi connectivity index (χ1v) is 8.63. The Hall–Kier alpha value is -2.89. The minimum Gasteiger partial charge on any atom is -0.334 e. The van der Waals surface area contributed by atoms with E-state index < -0.39 is 0 Å². The number of aryl methyl sites for hydroxylation is 1. The Morgan fingerprint density at radius 1 is 1.12 bits per heavy atom. The molecule has 6 heteroatoms. The van der Waals surface area contributed by atoms with Crippen molar-refractivity contribution in [1.82, 2.24) is 25.3 Å². The van der Waals surface area contributed by atoms with Gasteiger partial charge in [0.1, 0.15) is 0 Å². The molecule has 0 saturated carbocycles. The number of aromatic amines is 2. The van der Waals surface area contributed by atoms with Crippen LogP contribution in [0.1, 0.15) is 40.3 Å². The summed E-state index contributed by atoms with van der Waals surface area (Å²) in [5, 5.41) is 14.7. The van der Waals surface area contributed by atoms with Gasteiger partial charge in [0.15, 0.2) is 5.69 Å². The lowest BCUT2D eigenvalue weighted by Crippen LogP contribution is -2.27. The first-order valence-electron chi connectivity index (χ1n) is 8.63. The highest BCUT2D eigenvalue weighted by Crippen LogP contribution is 2.23. The Morgan fingerprint density at radius 2 is 1.92 bits per heavy atom. The summed E-state index contributed by atoms with van der Waals surface area (Å²) in [7, 11) is 1.80. The average molecular weight is 335 g/mol. The molecule has 1 aliphatic rings. The van der Waals surface area contributed by atoms with E-state index in [4.69, 9.17) is 0 Å². The van der Waals surface area contributed by atoms with Crippen LogP contribution in [0.3, 0.4) is 0 Å². The molecule has 25 heavy (non-hydrogen) atoms. The van der Waals surface area contributed by atoms with Gasteiger partial charge in [-0.1, -0.05) is 30.3 Å². The van der Waals surface area contributed by atoms with Crippen LogP contribution in [-0.2, 0) is 19.4 Å². The molecule has 4 rings (SSSR count). The molecule has 128 valence electrons. The number of H-pyrrole nitrogens is 2. The number of carbonyl (C=O) groups is 1. The van der Waals surface area contributed by atoms with Crippen molar-refractivity contribution in [1.29, 1.82) is 0 Å². The van der Waals surface area contributed by atoms with E-state index in [1.54, 1.807) is 11.9 Å². The molecule has 1 aromatic carbocycles. The fraction of sp³-hybridized carbons (Fsp3) is 0.316. The Bertz CT molecular complexity index is 880. The normalized spacial score (nSPS) is 13.5. The van der Waals surface area contributed by atoms with Crippen molar-refractivity contribution in [3.8, 4) is 11.3 Å². The second-order valence-corrected chi connectivity index (χ2v) is 6.54. The van der Waals surface area contributed by atoms with E-state index in [-0.39, 0.29) is 5.91 Å². The maximum atomic E-state index is 12.8. The van der Waals surface area contributed by atoms with Crippen LogP contribution >= 0.6 is 0 Å². The van der Waals surface area contributed by atoms with Gasteiger partial charge in [0.05, 0.1) is 17.9 Å². The van der Waals surface area contributed by atoms with Crippen molar-refractivity contribution >= 4 is 5.91 Å². The molecule has 2 aromatic heterocycles. The fourth-order valence-electron chi connectivity index (χ4n) is 3.37. The topological polar surface area (TPSA) is 77.7 Å². The third kappa shape index (κ3) is 3.07. The second kappa shape index (κ2) is 6.55. The van der Waals surface area contributed by atoms with E-state index in [2.05, 4.69) is 20.4 Å². The van der Waals surface area contributed by atoms with Crippen LogP contribution in [-0.4, -0.2) is 38.2 Å². The Kier molecular flexibility index (Phi) is 4.09. The largest absolute Gasteiger partial charge is 0.334 e.